The van der Waals surface area contributed by atoms with Gasteiger partial charge in [0.25, 0.3) is 0 Å². The van der Waals surface area contributed by atoms with Crippen LogP contribution in [0.2, 0.25) is 0 Å². The number of imidazole rings is 2. The molecule has 0 atom stereocenters. The van der Waals surface area contributed by atoms with Crippen LogP contribution in [-0.4, -0.2) is 51.2 Å². The van der Waals surface area contributed by atoms with Crippen molar-refractivity contribution >= 4 is 22.1 Å². The Hall–Kier alpha value is -4.51. The number of halogens is 1. The van der Waals surface area contributed by atoms with Crippen molar-refractivity contribution in [1.82, 2.24) is 50.0 Å². The highest BCUT2D eigenvalue weighted by Gasteiger charge is 2.21. The van der Waals surface area contributed by atoms with Crippen molar-refractivity contribution in [2.45, 2.75) is 20.4 Å². The van der Waals surface area contributed by atoms with E-state index in [4.69, 9.17) is 4.98 Å². The Morgan fingerprint density at radius 2 is 2.03 bits per heavy atom. The number of H-pyrrole nitrogens is 2. The quantitative estimate of drug-likeness (QED) is 0.340. The van der Waals surface area contributed by atoms with Gasteiger partial charge in [0, 0.05) is 36.9 Å². The number of aryl methyl sites for hydroxylation is 1. The van der Waals surface area contributed by atoms with Gasteiger partial charge in [-0.05, 0) is 31.2 Å². The largest absolute Gasteiger partial charge is 0.321 e. The topological polar surface area (TPSA) is 126 Å². The molecule has 0 aliphatic carbocycles. The summed E-state index contributed by atoms with van der Waals surface area (Å²) in [4.78, 5) is 25.2. The van der Waals surface area contributed by atoms with Crippen molar-refractivity contribution in [3.63, 3.8) is 0 Å². The van der Waals surface area contributed by atoms with Crippen molar-refractivity contribution in [3.8, 4) is 28.5 Å². The van der Waals surface area contributed by atoms with Crippen LogP contribution < -0.4 is 5.32 Å². The fourth-order valence-electron chi connectivity index (χ4n) is 4.10. The van der Waals surface area contributed by atoms with Crippen LogP contribution in [0.3, 0.4) is 0 Å². The second-order valence-electron chi connectivity index (χ2n) is 8.18. The zero-order valence-corrected chi connectivity index (χ0v) is 19.0. The molecule has 0 saturated carbocycles. The lowest BCUT2D eigenvalue weighted by Crippen LogP contribution is -2.11. The van der Waals surface area contributed by atoms with Crippen molar-refractivity contribution in [1.29, 1.82) is 0 Å². The molecule has 6 aromatic heterocycles. The van der Waals surface area contributed by atoms with E-state index >= 15 is 4.39 Å². The van der Waals surface area contributed by atoms with Gasteiger partial charge >= 0.3 is 0 Å². The zero-order chi connectivity index (χ0) is 23.9. The average molecular weight is 469 g/mol. The van der Waals surface area contributed by atoms with E-state index in [-0.39, 0.29) is 5.69 Å². The lowest BCUT2D eigenvalue weighted by Gasteiger charge is -2.07. The highest BCUT2D eigenvalue weighted by Crippen LogP contribution is 2.33. The number of hydrogen-bond donors (Lipinski definition) is 3. The molecule has 0 bridgehead atoms. The number of aromatic nitrogens is 9. The molecule has 35 heavy (non-hydrogen) atoms. The fourth-order valence-corrected chi connectivity index (χ4v) is 4.10. The van der Waals surface area contributed by atoms with E-state index in [0.29, 0.717) is 45.7 Å². The summed E-state index contributed by atoms with van der Waals surface area (Å²) in [7, 11) is 0. The maximum absolute atomic E-state index is 15.9. The summed E-state index contributed by atoms with van der Waals surface area (Å²) in [5, 5.41) is 10.8. The summed E-state index contributed by atoms with van der Waals surface area (Å²) in [5.41, 5.74) is 5.45. The molecular formula is C24H21FN10. The number of rotatable bonds is 6. The smallest absolute Gasteiger partial charge is 0.161 e. The van der Waals surface area contributed by atoms with Gasteiger partial charge in [-0.2, -0.15) is 5.10 Å². The number of nitrogens with zero attached hydrogens (tertiary/aromatic N) is 7. The second-order valence-corrected chi connectivity index (χ2v) is 8.18. The van der Waals surface area contributed by atoms with Gasteiger partial charge in [0.15, 0.2) is 17.3 Å². The molecule has 0 aliphatic heterocycles. The second kappa shape index (κ2) is 8.37. The zero-order valence-electron chi connectivity index (χ0n) is 19.0. The van der Waals surface area contributed by atoms with E-state index in [1.54, 1.807) is 31.1 Å². The van der Waals surface area contributed by atoms with Gasteiger partial charge in [-0.15, -0.1) is 0 Å². The highest BCUT2D eigenvalue weighted by molar-refractivity contribution is 5.95. The summed E-state index contributed by atoms with van der Waals surface area (Å²) in [6.45, 7) is 5.42. The van der Waals surface area contributed by atoms with Crippen molar-refractivity contribution in [2.75, 3.05) is 6.54 Å². The molecule has 0 aliphatic rings. The SMILES string of the molecule is CCNCc1cncc(-c2ncc3[nH]nc(-c4nc5c(-n6cnc(C)c6)ccnc5[nH]4)c3c2F)c1. The van der Waals surface area contributed by atoms with Crippen LogP contribution in [0.25, 0.3) is 50.5 Å². The molecule has 6 aromatic rings. The highest BCUT2D eigenvalue weighted by atomic mass is 19.1. The van der Waals surface area contributed by atoms with Gasteiger partial charge in [-0.1, -0.05) is 6.92 Å². The molecule has 11 heteroatoms. The van der Waals surface area contributed by atoms with E-state index in [2.05, 4.69) is 40.4 Å². The van der Waals surface area contributed by atoms with Gasteiger partial charge in [0.05, 0.1) is 34.8 Å². The molecule has 0 amide bonds. The molecular weight excluding hydrogens is 447 g/mol. The van der Waals surface area contributed by atoms with E-state index in [1.165, 1.54) is 0 Å². The van der Waals surface area contributed by atoms with Crippen LogP contribution in [0.4, 0.5) is 4.39 Å². The number of hydrogen-bond acceptors (Lipinski definition) is 7. The minimum Gasteiger partial charge on any atom is -0.321 e. The molecule has 174 valence electrons. The Morgan fingerprint density at radius 1 is 1.11 bits per heavy atom. The summed E-state index contributed by atoms with van der Waals surface area (Å²) < 4.78 is 17.8. The van der Waals surface area contributed by atoms with Gasteiger partial charge in [0.1, 0.15) is 16.9 Å². The van der Waals surface area contributed by atoms with Crippen LogP contribution in [0.5, 0.6) is 0 Å². The molecule has 10 nitrogen and oxygen atoms in total. The van der Waals surface area contributed by atoms with Gasteiger partial charge in [0.2, 0.25) is 0 Å². The van der Waals surface area contributed by atoms with Gasteiger partial charge in [-0.3, -0.25) is 15.1 Å². The van der Waals surface area contributed by atoms with Crippen LogP contribution in [0.1, 0.15) is 18.2 Å². The molecule has 0 saturated heterocycles. The monoisotopic (exact) mass is 468 g/mol. The Bertz CT molecular complexity index is 1680. The minimum atomic E-state index is -0.493. The van der Waals surface area contributed by atoms with E-state index in [1.807, 2.05) is 36.7 Å². The summed E-state index contributed by atoms with van der Waals surface area (Å²) in [6.07, 6.45) is 10.3. The Kier molecular flexibility index (Phi) is 5.03. The van der Waals surface area contributed by atoms with Crippen LogP contribution in [0, 0.1) is 12.7 Å². The summed E-state index contributed by atoms with van der Waals surface area (Å²) in [6, 6.07) is 3.74. The molecule has 0 aromatic carbocycles. The summed E-state index contributed by atoms with van der Waals surface area (Å²) in [5.74, 6) is -0.0920. The molecule has 6 heterocycles. The molecule has 3 N–H and O–H groups in total. The minimum absolute atomic E-state index is 0.204. The predicted octanol–water partition coefficient (Wildman–Crippen LogP) is 3.70. The standard InChI is InChI=1S/C24H21FN10/c1-3-26-7-14-6-15(9-27-8-14)20-19(25)18-16(10-29-20)33-34-22(18)24-31-21-17(4-5-28-23(21)32-24)35-11-13(2)30-12-35/h4-6,8-12,26H,3,7H2,1-2H3,(H,33,34)(H,28,31,32). The van der Waals surface area contributed by atoms with Crippen LogP contribution in [-0.2, 0) is 6.54 Å². The van der Waals surface area contributed by atoms with Gasteiger partial charge < -0.3 is 14.9 Å². The maximum Gasteiger partial charge on any atom is 0.161 e. The molecule has 6 rings (SSSR count). The average Bonchev–Trinajstić information content (AvgIpc) is 3.60. The first-order chi connectivity index (χ1) is 17.1. The summed E-state index contributed by atoms with van der Waals surface area (Å²) >= 11 is 0. The lowest BCUT2D eigenvalue weighted by atomic mass is 10.1. The molecule has 0 radical (unpaired) electrons. The normalized spacial score (nSPS) is 11.6. The van der Waals surface area contributed by atoms with Crippen LogP contribution in [0.15, 0.2) is 49.4 Å². The van der Waals surface area contributed by atoms with Crippen molar-refractivity contribution in [2.24, 2.45) is 0 Å². The van der Waals surface area contributed by atoms with Gasteiger partial charge in [-0.25, -0.2) is 19.3 Å². The molecule has 0 spiro atoms. The predicted molar refractivity (Wildman–Crippen MR) is 129 cm³/mol. The van der Waals surface area contributed by atoms with Crippen molar-refractivity contribution in [3.05, 3.63) is 66.5 Å². The lowest BCUT2D eigenvalue weighted by molar-refractivity contribution is 0.638. The van der Waals surface area contributed by atoms with E-state index < -0.39 is 5.82 Å². The first-order valence-corrected chi connectivity index (χ1v) is 11.2. The number of fused-ring (bicyclic) bond motifs is 2. The molecule has 0 unspecified atom stereocenters. The van der Waals surface area contributed by atoms with Crippen molar-refractivity contribution < 1.29 is 4.39 Å². The third-order valence-corrected chi connectivity index (χ3v) is 5.77. The van der Waals surface area contributed by atoms with E-state index in [0.717, 1.165) is 23.5 Å². The Morgan fingerprint density at radius 3 is 2.86 bits per heavy atom. The fraction of sp³-hybridized carbons (Fsp3) is 0.167. The Labute approximate surface area is 198 Å². The first-order valence-electron chi connectivity index (χ1n) is 11.2. The van der Waals surface area contributed by atoms with Crippen LogP contribution >= 0.6 is 0 Å². The molecule has 0 fully saturated rings. The number of nitrogens with one attached hydrogen (secondary N) is 3. The van der Waals surface area contributed by atoms with E-state index in [9.17, 15) is 0 Å². The third-order valence-electron chi connectivity index (χ3n) is 5.77. The number of pyridine rings is 3. The maximum atomic E-state index is 15.9. The third kappa shape index (κ3) is 3.62. The Balaban J connectivity index is 1.48. The first kappa shape index (κ1) is 21.1. The number of aromatic amines is 2.